The van der Waals surface area contributed by atoms with E-state index in [1.165, 1.54) is 0 Å². The van der Waals surface area contributed by atoms with Gasteiger partial charge in [0, 0.05) is 15.4 Å². The van der Waals surface area contributed by atoms with E-state index in [1.54, 1.807) is 24.4 Å². The number of aromatic hydroxyl groups is 1. The number of hydrazone groups is 1. The van der Waals surface area contributed by atoms with Gasteiger partial charge in [0.25, 0.3) is 0 Å². The number of para-hydroxylation sites is 1. The van der Waals surface area contributed by atoms with E-state index in [-0.39, 0.29) is 5.75 Å². The summed E-state index contributed by atoms with van der Waals surface area (Å²) in [7, 11) is 0. The normalized spacial score (nSPS) is 11.1. The molecule has 4 aromatic rings. The molecule has 0 aliphatic carbocycles. The van der Waals surface area contributed by atoms with Gasteiger partial charge in [-0.2, -0.15) is 5.10 Å². The summed E-state index contributed by atoms with van der Waals surface area (Å²) in [4.78, 5) is 4.65. The minimum atomic E-state index is 0.185. The maximum absolute atomic E-state index is 9.83. The molecule has 0 unspecified atom stereocenters. The van der Waals surface area contributed by atoms with Gasteiger partial charge in [-0.15, -0.1) is 0 Å². The summed E-state index contributed by atoms with van der Waals surface area (Å²) >= 11 is 3.54. The maximum atomic E-state index is 9.83. The molecule has 0 saturated carbocycles. The molecule has 3 aromatic carbocycles. The number of phenols is 1. The SMILES string of the molecule is Oc1ccccc1C=NNc1cc(-c2ccccc2)c2cc(Br)ccc2n1. The van der Waals surface area contributed by atoms with E-state index >= 15 is 0 Å². The maximum Gasteiger partial charge on any atom is 0.147 e. The summed E-state index contributed by atoms with van der Waals surface area (Å²) in [6, 6.07) is 25.2. The number of halogens is 1. The molecule has 0 aliphatic heterocycles. The number of nitrogens with one attached hydrogen (secondary N) is 1. The average molecular weight is 418 g/mol. The van der Waals surface area contributed by atoms with Crippen LogP contribution >= 0.6 is 15.9 Å². The van der Waals surface area contributed by atoms with Crippen LogP contribution in [0.3, 0.4) is 0 Å². The fraction of sp³-hybridized carbons (Fsp3) is 0. The zero-order valence-electron chi connectivity index (χ0n) is 14.3. The summed E-state index contributed by atoms with van der Waals surface area (Å²) in [6.45, 7) is 0. The van der Waals surface area contributed by atoms with Crippen molar-refractivity contribution in [2.75, 3.05) is 5.43 Å². The van der Waals surface area contributed by atoms with Crippen LogP contribution in [0.15, 0.2) is 88.4 Å². The molecular weight excluding hydrogens is 402 g/mol. The van der Waals surface area contributed by atoms with Crippen molar-refractivity contribution in [1.82, 2.24) is 4.98 Å². The Bertz CT molecular complexity index is 1130. The predicted molar refractivity (Wildman–Crippen MR) is 114 cm³/mol. The summed E-state index contributed by atoms with van der Waals surface area (Å²) < 4.78 is 1.01. The quantitative estimate of drug-likeness (QED) is 0.325. The third-order valence-corrected chi connectivity index (χ3v) is 4.67. The molecule has 0 saturated heterocycles. The van der Waals surface area contributed by atoms with Crippen LogP contribution in [-0.4, -0.2) is 16.3 Å². The Morgan fingerprint density at radius 1 is 0.926 bits per heavy atom. The lowest BCUT2D eigenvalue weighted by Crippen LogP contribution is -1.96. The van der Waals surface area contributed by atoms with Gasteiger partial charge in [0.2, 0.25) is 0 Å². The molecule has 0 radical (unpaired) electrons. The van der Waals surface area contributed by atoms with Crippen molar-refractivity contribution >= 4 is 38.9 Å². The van der Waals surface area contributed by atoms with Crippen molar-refractivity contribution in [3.8, 4) is 16.9 Å². The topological polar surface area (TPSA) is 57.5 Å². The summed E-state index contributed by atoms with van der Waals surface area (Å²) in [5, 5.41) is 15.1. The number of nitrogens with zero attached hydrogens (tertiary/aromatic N) is 2. The highest BCUT2D eigenvalue weighted by molar-refractivity contribution is 9.10. The molecule has 27 heavy (non-hydrogen) atoms. The van der Waals surface area contributed by atoms with Crippen molar-refractivity contribution < 1.29 is 5.11 Å². The molecule has 2 N–H and O–H groups in total. The first-order valence-corrected chi connectivity index (χ1v) is 9.23. The molecule has 0 amide bonds. The molecule has 4 rings (SSSR count). The molecule has 132 valence electrons. The van der Waals surface area contributed by atoms with Crippen LogP contribution in [0.2, 0.25) is 0 Å². The summed E-state index contributed by atoms with van der Waals surface area (Å²) in [5.41, 5.74) is 6.66. The van der Waals surface area contributed by atoms with E-state index in [0.717, 1.165) is 26.5 Å². The van der Waals surface area contributed by atoms with Gasteiger partial charge in [-0.3, -0.25) is 5.43 Å². The van der Waals surface area contributed by atoms with Crippen LogP contribution in [0.5, 0.6) is 5.75 Å². The minimum Gasteiger partial charge on any atom is -0.507 e. The third-order valence-electron chi connectivity index (χ3n) is 4.18. The fourth-order valence-corrected chi connectivity index (χ4v) is 3.24. The zero-order chi connectivity index (χ0) is 18.6. The van der Waals surface area contributed by atoms with Gasteiger partial charge in [-0.25, -0.2) is 4.98 Å². The van der Waals surface area contributed by atoms with Crippen molar-refractivity contribution in [1.29, 1.82) is 0 Å². The number of pyridine rings is 1. The monoisotopic (exact) mass is 417 g/mol. The van der Waals surface area contributed by atoms with Gasteiger partial charge < -0.3 is 5.11 Å². The van der Waals surface area contributed by atoms with E-state index in [9.17, 15) is 5.11 Å². The number of phenolic OH excluding ortho intramolecular Hbond substituents is 1. The largest absolute Gasteiger partial charge is 0.507 e. The minimum absolute atomic E-state index is 0.185. The van der Waals surface area contributed by atoms with Gasteiger partial charge in [0.1, 0.15) is 11.6 Å². The van der Waals surface area contributed by atoms with Crippen molar-refractivity contribution in [3.05, 3.63) is 88.9 Å². The highest BCUT2D eigenvalue weighted by atomic mass is 79.9. The molecule has 0 fully saturated rings. The van der Waals surface area contributed by atoms with Crippen LogP contribution in [0, 0.1) is 0 Å². The lowest BCUT2D eigenvalue weighted by atomic mass is 10.0. The van der Waals surface area contributed by atoms with Crippen molar-refractivity contribution in [3.63, 3.8) is 0 Å². The molecule has 0 bridgehead atoms. The number of hydrogen-bond acceptors (Lipinski definition) is 4. The van der Waals surface area contributed by atoms with E-state index in [2.05, 4.69) is 49.6 Å². The van der Waals surface area contributed by atoms with Crippen molar-refractivity contribution in [2.45, 2.75) is 0 Å². The van der Waals surface area contributed by atoms with E-state index in [4.69, 9.17) is 0 Å². The van der Waals surface area contributed by atoms with Crippen LogP contribution in [0.25, 0.3) is 22.0 Å². The Labute approximate surface area is 165 Å². The molecule has 0 aliphatic rings. The molecule has 1 aromatic heterocycles. The summed E-state index contributed by atoms with van der Waals surface area (Å²) in [5.74, 6) is 0.819. The Balaban J connectivity index is 1.74. The van der Waals surface area contributed by atoms with Gasteiger partial charge in [-0.05, 0) is 47.5 Å². The molecule has 1 heterocycles. The van der Waals surface area contributed by atoms with Crippen LogP contribution in [0.1, 0.15) is 5.56 Å². The smallest absolute Gasteiger partial charge is 0.147 e. The molecule has 0 atom stereocenters. The predicted octanol–water partition coefficient (Wildman–Crippen LogP) is 5.82. The number of benzene rings is 3. The Hall–Kier alpha value is -3.18. The highest BCUT2D eigenvalue weighted by Gasteiger charge is 2.08. The van der Waals surface area contributed by atoms with E-state index in [0.29, 0.717) is 11.4 Å². The molecular formula is C22H16BrN3O. The van der Waals surface area contributed by atoms with E-state index < -0.39 is 0 Å². The lowest BCUT2D eigenvalue weighted by Gasteiger charge is -2.10. The number of hydrogen-bond donors (Lipinski definition) is 2. The van der Waals surface area contributed by atoms with Gasteiger partial charge >= 0.3 is 0 Å². The van der Waals surface area contributed by atoms with Crippen molar-refractivity contribution in [2.24, 2.45) is 5.10 Å². The Kier molecular flexibility index (Phi) is 4.85. The second-order valence-electron chi connectivity index (χ2n) is 6.01. The number of rotatable bonds is 4. The van der Waals surface area contributed by atoms with Crippen LogP contribution < -0.4 is 5.43 Å². The molecule has 4 nitrogen and oxygen atoms in total. The van der Waals surface area contributed by atoms with E-state index in [1.807, 2.05) is 42.5 Å². The van der Waals surface area contributed by atoms with Gasteiger partial charge in [0.05, 0.1) is 11.7 Å². The first kappa shape index (κ1) is 17.2. The zero-order valence-corrected chi connectivity index (χ0v) is 15.9. The second-order valence-corrected chi connectivity index (χ2v) is 6.93. The first-order chi connectivity index (χ1) is 13.2. The Morgan fingerprint density at radius 2 is 1.70 bits per heavy atom. The number of aromatic nitrogens is 1. The second kappa shape index (κ2) is 7.60. The molecule has 5 heteroatoms. The molecule has 0 spiro atoms. The van der Waals surface area contributed by atoms with Gasteiger partial charge in [0.15, 0.2) is 0 Å². The number of fused-ring (bicyclic) bond motifs is 1. The van der Waals surface area contributed by atoms with Crippen LogP contribution in [-0.2, 0) is 0 Å². The van der Waals surface area contributed by atoms with Gasteiger partial charge in [-0.1, -0.05) is 58.4 Å². The fourth-order valence-electron chi connectivity index (χ4n) is 2.88. The third kappa shape index (κ3) is 3.83. The lowest BCUT2D eigenvalue weighted by molar-refractivity contribution is 0.474. The number of anilines is 1. The first-order valence-electron chi connectivity index (χ1n) is 8.43. The van der Waals surface area contributed by atoms with Crippen LogP contribution in [0.4, 0.5) is 5.82 Å². The Morgan fingerprint density at radius 3 is 2.52 bits per heavy atom. The average Bonchev–Trinajstić information content (AvgIpc) is 2.70. The highest BCUT2D eigenvalue weighted by Crippen LogP contribution is 2.32. The standard InChI is InChI=1S/C22H16BrN3O/c23-17-10-11-20-19(12-17)18(15-6-2-1-3-7-15)13-22(25-20)26-24-14-16-8-4-5-9-21(16)27/h1-14,27H,(H,25,26). The summed E-state index contributed by atoms with van der Waals surface area (Å²) in [6.07, 6.45) is 1.57.